The molecule has 0 saturated heterocycles. The number of nitrogens with two attached hydrogens (primary N) is 1. The maximum absolute atomic E-state index is 9.53. The third kappa shape index (κ3) is 1.43. The molecule has 0 aliphatic carbocycles. The monoisotopic (exact) mass is 175 g/mol. The number of nitrogen functional groups attached to an aromatic ring is 1. The number of aryl methyl sites for hydroxylation is 1. The van der Waals surface area contributed by atoms with Crippen LogP contribution in [-0.2, 0) is 0 Å². The zero-order chi connectivity index (χ0) is 10.0. The van der Waals surface area contributed by atoms with Gasteiger partial charge in [0.1, 0.15) is 5.75 Å². The second-order valence-corrected chi connectivity index (χ2v) is 2.87. The Hall–Kier alpha value is -1.70. The molecule has 13 heavy (non-hydrogen) atoms. The van der Waals surface area contributed by atoms with E-state index in [1.165, 1.54) is 0 Å². The van der Waals surface area contributed by atoms with E-state index in [0.717, 1.165) is 16.7 Å². The quantitative estimate of drug-likeness (QED) is 0.536. The Morgan fingerprint density at radius 3 is 2.46 bits per heavy atom. The number of rotatable bonds is 2. The summed E-state index contributed by atoms with van der Waals surface area (Å²) in [6.07, 6.45) is 3.31. The van der Waals surface area contributed by atoms with Gasteiger partial charge < -0.3 is 10.8 Å². The Morgan fingerprint density at radius 1 is 1.38 bits per heavy atom. The number of phenolic OH excluding ortho intramolecular Hbond substituents is 1. The molecule has 0 amide bonds. The van der Waals surface area contributed by atoms with Gasteiger partial charge in [-0.15, -0.1) is 0 Å². The molecule has 0 aromatic heterocycles. The van der Waals surface area contributed by atoms with E-state index in [9.17, 15) is 5.11 Å². The molecule has 0 heterocycles. The molecule has 2 nitrogen and oxygen atoms in total. The molecule has 0 radical (unpaired) electrons. The Morgan fingerprint density at radius 2 is 2.00 bits per heavy atom. The van der Waals surface area contributed by atoms with Crippen LogP contribution in [0.1, 0.15) is 16.7 Å². The molecule has 2 heteroatoms. The number of hydrogen-bond acceptors (Lipinski definition) is 2. The molecular formula is C11H13NO. The van der Waals surface area contributed by atoms with E-state index in [0.29, 0.717) is 5.69 Å². The Bertz CT molecular complexity index is 367. The third-order valence-electron chi connectivity index (χ3n) is 2.03. The van der Waals surface area contributed by atoms with Crippen molar-refractivity contribution in [1.82, 2.24) is 0 Å². The van der Waals surface area contributed by atoms with E-state index in [1.54, 1.807) is 19.1 Å². The minimum Gasteiger partial charge on any atom is -0.505 e. The lowest BCUT2D eigenvalue weighted by Gasteiger charge is -2.09. The zero-order valence-corrected chi connectivity index (χ0v) is 7.67. The summed E-state index contributed by atoms with van der Waals surface area (Å²) in [5.41, 5.74) is 8.44. The van der Waals surface area contributed by atoms with Crippen molar-refractivity contribution in [2.24, 2.45) is 0 Å². The molecule has 0 spiro atoms. The van der Waals surface area contributed by atoms with Gasteiger partial charge >= 0.3 is 0 Å². The minimum absolute atomic E-state index is 0.125. The average molecular weight is 175 g/mol. The lowest BCUT2D eigenvalue weighted by atomic mass is 10.0. The third-order valence-corrected chi connectivity index (χ3v) is 2.03. The summed E-state index contributed by atoms with van der Waals surface area (Å²) in [4.78, 5) is 0. The van der Waals surface area contributed by atoms with Gasteiger partial charge in [0.05, 0.1) is 5.69 Å². The van der Waals surface area contributed by atoms with Crippen LogP contribution in [0.15, 0.2) is 19.2 Å². The first-order valence-corrected chi connectivity index (χ1v) is 3.98. The van der Waals surface area contributed by atoms with Crippen LogP contribution >= 0.6 is 0 Å². The summed E-state index contributed by atoms with van der Waals surface area (Å²) in [7, 11) is 0. The van der Waals surface area contributed by atoms with Crippen LogP contribution in [0.5, 0.6) is 5.75 Å². The van der Waals surface area contributed by atoms with Crippen molar-refractivity contribution in [3.63, 3.8) is 0 Å². The summed E-state index contributed by atoms with van der Waals surface area (Å²) in [5.74, 6) is 0.125. The summed E-state index contributed by atoms with van der Waals surface area (Å²) < 4.78 is 0. The molecule has 0 saturated carbocycles. The van der Waals surface area contributed by atoms with Crippen LogP contribution in [0.2, 0.25) is 0 Å². The van der Waals surface area contributed by atoms with Crippen molar-refractivity contribution in [2.75, 3.05) is 5.73 Å². The molecule has 0 aliphatic rings. The standard InChI is InChI=1S/C11H13NO/c1-4-8-6-7(3)11(13)10(12)9(8)5-2/h4-6,13H,1-2,12H2,3H3. The number of hydrogen-bond donors (Lipinski definition) is 2. The molecule has 0 bridgehead atoms. The van der Waals surface area contributed by atoms with Gasteiger partial charge in [0, 0.05) is 5.56 Å². The van der Waals surface area contributed by atoms with E-state index < -0.39 is 0 Å². The molecule has 68 valence electrons. The normalized spacial score (nSPS) is 9.62. The molecule has 1 rings (SSSR count). The van der Waals surface area contributed by atoms with E-state index >= 15 is 0 Å². The van der Waals surface area contributed by atoms with Crippen molar-refractivity contribution in [2.45, 2.75) is 6.92 Å². The zero-order valence-electron chi connectivity index (χ0n) is 7.67. The van der Waals surface area contributed by atoms with Crippen LogP contribution in [0.4, 0.5) is 5.69 Å². The first-order chi connectivity index (χ1) is 6.11. The van der Waals surface area contributed by atoms with Crippen LogP contribution in [0.3, 0.4) is 0 Å². The van der Waals surface area contributed by atoms with Crippen LogP contribution in [0, 0.1) is 6.92 Å². The van der Waals surface area contributed by atoms with Gasteiger partial charge in [-0.25, -0.2) is 0 Å². The van der Waals surface area contributed by atoms with Crippen LogP contribution < -0.4 is 5.73 Å². The number of benzene rings is 1. The van der Waals surface area contributed by atoms with Crippen molar-refractivity contribution in [3.05, 3.63) is 35.9 Å². The highest BCUT2D eigenvalue weighted by molar-refractivity contribution is 5.78. The van der Waals surface area contributed by atoms with Crippen LogP contribution in [-0.4, -0.2) is 5.11 Å². The van der Waals surface area contributed by atoms with Crippen LogP contribution in [0.25, 0.3) is 12.2 Å². The predicted octanol–water partition coefficient (Wildman–Crippen LogP) is 2.57. The molecule has 0 unspecified atom stereocenters. The van der Waals surface area contributed by atoms with Crippen molar-refractivity contribution < 1.29 is 5.11 Å². The van der Waals surface area contributed by atoms with Gasteiger partial charge in [0.2, 0.25) is 0 Å². The lowest BCUT2D eigenvalue weighted by Crippen LogP contribution is -1.95. The summed E-state index contributed by atoms with van der Waals surface area (Å²) in [5, 5.41) is 9.53. The molecule has 3 N–H and O–H groups in total. The first-order valence-electron chi connectivity index (χ1n) is 3.98. The van der Waals surface area contributed by atoms with Crippen molar-refractivity contribution >= 4 is 17.8 Å². The smallest absolute Gasteiger partial charge is 0.142 e. The molecule has 1 aromatic carbocycles. The van der Waals surface area contributed by atoms with Gasteiger partial charge in [-0.2, -0.15) is 0 Å². The van der Waals surface area contributed by atoms with Gasteiger partial charge in [0.25, 0.3) is 0 Å². The first kappa shape index (κ1) is 9.39. The summed E-state index contributed by atoms with van der Waals surface area (Å²) in [6, 6.07) is 1.83. The molecule has 0 atom stereocenters. The van der Waals surface area contributed by atoms with Gasteiger partial charge in [0.15, 0.2) is 0 Å². The fraction of sp³-hybridized carbons (Fsp3) is 0.0909. The molecule has 0 fully saturated rings. The van der Waals surface area contributed by atoms with E-state index in [-0.39, 0.29) is 5.75 Å². The second-order valence-electron chi connectivity index (χ2n) is 2.87. The van der Waals surface area contributed by atoms with E-state index in [2.05, 4.69) is 13.2 Å². The maximum atomic E-state index is 9.53. The minimum atomic E-state index is 0.125. The SMILES string of the molecule is C=Cc1cc(C)c(O)c(N)c1C=C. The Balaban J connectivity index is 3.56. The lowest BCUT2D eigenvalue weighted by molar-refractivity contribution is 0.473. The molecule has 1 aromatic rings. The number of aromatic hydroxyl groups is 1. The molecular weight excluding hydrogens is 162 g/mol. The molecule has 0 aliphatic heterocycles. The van der Waals surface area contributed by atoms with Crippen molar-refractivity contribution in [1.29, 1.82) is 0 Å². The summed E-state index contributed by atoms with van der Waals surface area (Å²) in [6.45, 7) is 9.10. The largest absolute Gasteiger partial charge is 0.505 e. The summed E-state index contributed by atoms with van der Waals surface area (Å²) >= 11 is 0. The predicted molar refractivity (Wildman–Crippen MR) is 57.4 cm³/mol. The maximum Gasteiger partial charge on any atom is 0.142 e. The Kier molecular flexibility index (Phi) is 2.42. The average Bonchev–Trinajstić information content (AvgIpc) is 2.13. The highest BCUT2D eigenvalue weighted by Crippen LogP contribution is 2.32. The fourth-order valence-corrected chi connectivity index (χ4v) is 1.27. The topological polar surface area (TPSA) is 46.2 Å². The van der Waals surface area contributed by atoms with E-state index in [4.69, 9.17) is 5.73 Å². The Labute approximate surface area is 78.0 Å². The van der Waals surface area contributed by atoms with Crippen molar-refractivity contribution in [3.8, 4) is 5.75 Å². The highest BCUT2D eigenvalue weighted by atomic mass is 16.3. The second kappa shape index (κ2) is 3.35. The van der Waals surface area contributed by atoms with Gasteiger partial charge in [-0.3, -0.25) is 0 Å². The van der Waals surface area contributed by atoms with Gasteiger partial charge in [-0.1, -0.05) is 25.3 Å². The highest BCUT2D eigenvalue weighted by Gasteiger charge is 2.08. The fourth-order valence-electron chi connectivity index (χ4n) is 1.27. The number of phenols is 1. The van der Waals surface area contributed by atoms with E-state index in [1.807, 2.05) is 6.07 Å². The van der Waals surface area contributed by atoms with Gasteiger partial charge in [-0.05, 0) is 24.1 Å². The number of anilines is 1.